The van der Waals surface area contributed by atoms with Gasteiger partial charge in [-0.15, -0.1) is 11.3 Å². The fourth-order valence-electron chi connectivity index (χ4n) is 2.27. The van der Waals surface area contributed by atoms with Crippen LogP contribution in [0.2, 0.25) is 5.02 Å². The van der Waals surface area contributed by atoms with Gasteiger partial charge in [-0.25, -0.2) is 4.98 Å². The summed E-state index contributed by atoms with van der Waals surface area (Å²) in [5.74, 6) is 0. The predicted octanol–water partition coefficient (Wildman–Crippen LogP) is 5.16. The lowest BCUT2D eigenvalue weighted by Gasteiger charge is -2.02. The number of aromatic nitrogens is 2. The fraction of sp³-hybridized carbons (Fsp3) is 0. The molecule has 2 nitrogen and oxygen atoms in total. The van der Waals surface area contributed by atoms with E-state index in [-0.39, 0.29) is 0 Å². The van der Waals surface area contributed by atoms with Gasteiger partial charge in [-0.3, -0.25) is 4.98 Å². The first-order valence-corrected chi connectivity index (χ1v) is 7.40. The zero-order valence-electron chi connectivity index (χ0n) is 10.4. The second kappa shape index (κ2) is 4.54. The summed E-state index contributed by atoms with van der Waals surface area (Å²) in [4.78, 5) is 9.90. The fourth-order valence-corrected chi connectivity index (χ4v) is 3.56. The van der Waals surface area contributed by atoms with E-state index in [1.165, 1.54) is 10.1 Å². The summed E-state index contributed by atoms with van der Waals surface area (Å²) >= 11 is 8.07. The molecule has 4 aromatic rings. The highest BCUT2D eigenvalue weighted by Gasteiger charge is 2.09. The molecule has 0 saturated heterocycles. The zero-order chi connectivity index (χ0) is 13.5. The van der Waals surface area contributed by atoms with Crippen molar-refractivity contribution in [2.45, 2.75) is 0 Å². The van der Waals surface area contributed by atoms with Gasteiger partial charge in [0.2, 0.25) is 0 Å². The van der Waals surface area contributed by atoms with Crippen molar-refractivity contribution in [2.75, 3.05) is 0 Å². The van der Waals surface area contributed by atoms with E-state index in [0.29, 0.717) is 5.02 Å². The van der Waals surface area contributed by atoms with Gasteiger partial charge in [0.25, 0.3) is 0 Å². The molecule has 1 aromatic carbocycles. The van der Waals surface area contributed by atoms with Crippen LogP contribution in [-0.2, 0) is 0 Å². The maximum absolute atomic E-state index is 6.35. The van der Waals surface area contributed by atoms with Gasteiger partial charge in [-0.2, -0.15) is 0 Å². The number of thiophene rings is 1. The largest absolute Gasteiger partial charge is 0.262 e. The van der Waals surface area contributed by atoms with Crippen LogP contribution in [0.3, 0.4) is 0 Å². The lowest BCUT2D eigenvalue weighted by Crippen LogP contribution is -1.85. The van der Waals surface area contributed by atoms with E-state index in [4.69, 9.17) is 11.6 Å². The summed E-state index contributed by atoms with van der Waals surface area (Å²) in [6, 6.07) is 14.3. The van der Waals surface area contributed by atoms with Crippen molar-refractivity contribution in [1.29, 1.82) is 0 Å². The first kappa shape index (κ1) is 11.8. The van der Waals surface area contributed by atoms with Gasteiger partial charge in [-0.05, 0) is 29.7 Å². The monoisotopic (exact) mass is 296 g/mol. The molecule has 3 heterocycles. The van der Waals surface area contributed by atoms with Gasteiger partial charge in [0.05, 0.1) is 27.3 Å². The van der Waals surface area contributed by atoms with Crippen LogP contribution in [0, 0.1) is 0 Å². The minimum Gasteiger partial charge on any atom is -0.262 e. The van der Waals surface area contributed by atoms with Crippen molar-refractivity contribution in [3.05, 3.63) is 59.9 Å². The topological polar surface area (TPSA) is 25.8 Å². The number of halogens is 1. The van der Waals surface area contributed by atoms with Crippen LogP contribution in [0.1, 0.15) is 0 Å². The summed E-state index contributed by atoms with van der Waals surface area (Å²) in [5, 5.41) is 2.88. The summed E-state index contributed by atoms with van der Waals surface area (Å²) in [7, 11) is 0. The molecule has 20 heavy (non-hydrogen) atoms. The van der Waals surface area contributed by atoms with Gasteiger partial charge in [0, 0.05) is 16.3 Å². The zero-order valence-corrected chi connectivity index (χ0v) is 11.9. The molecule has 0 saturated carbocycles. The minimum absolute atomic E-state index is 0.713. The number of pyridine rings is 2. The van der Waals surface area contributed by atoms with Crippen molar-refractivity contribution >= 4 is 43.9 Å². The highest BCUT2D eigenvalue weighted by Crippen LogP contribution is 2.35. The second-order valence-electron chi connectivity index (χ2n) is 4.53. The molecule has 4 heteroatoms. The van der Waals surface area contributed by atoms with E-state index in [2.05, 4.69) is 28.2 Å². The Morgan fingerprint density at radius 2 is 1.95 bits per heavy atom. The lowest BCUT2D eigenvalue weighted by molar-refractivity contribution is 1.32. The molecule has 0 bridgehead atoms. The molecule has 0 atom stereocenters. The molecule has 0 fully saturated rings. The Morgan fingerprint density at radius 1 is 1.05 bits per heavy atom. The Hall–Kier alpha value is -1.97. The van der Waals surface area contributed by atoms with Crippen LogP contribution in [0.25, 0.3) is 31.6 Å². The van der Waals surface area contributed by atoms with Crippen LogP contribution in [0.15, 0.2) is 54.9 Å². The number of benzene rings is 1. The van der Waals surface area contributed by atoms with Gasteiger partial charge < -0.3 is 0 Å². The lowest BCUT2D eigenvalue weighted by atomic mass is 10.2. The van der Waals surface area contributed by atoms with E-state index >= 15 is 0 Å². The molecule has 0 aliphatic carbocycles. The molecule has 0 aliphatic heterocycles. The third kappa shape index (κ3) is 1.87. The Morgan fingerprint density at radius 3 is 2.85 bits per heavy atom. The highest BCUT2D eigenvalue weighted by molar-refractivity contribution is 7.22. The molecule has 96 valence electrons. The van der Waals surface area contributed by atoms with Gasteiger partial charge in [0.1, 0.15) is 0 Å². The Labute approximate surface area is 124 Å². The number of hydrogen-bond acceptors (Lipinski definition) is 3. The smallest absolute Gasteiger partial charge is 0.0907 e. The molecular formula is C16H9ClN2S. The highest BCUT2D eigenvalue weighted by atomic mass is 35.5. The standard InChI is InChI=1S/C16H9ClN2S/c17-12-8-13(19-14-9-18-6-5-11(12)14)16-7-10-3-1-2-4-15(10)20-16/h1-9H. The van der Waals surface area contributed by atoms with Crippen LogP contribution < -0.4 is 0 Å². The van der Waals surface area contributed by atoms with Crippen LogP contribution >= 0.6 is 22.9 Å². The second-order valence-corrected chi connectivity index (χ2v) is 6.02. The Balaban J connectivity index is 1.97. The average Bonchev–Trinajstić information content (AvgIpc) is 2.91. The predicted molar refractivity (Wildman–Crippen MR) is 85.4 cm³/mol. The van der Waals surface area contributed by atoms with Gasteiger partial charge >= 0.3 is 0 Å². The molecule has 0 aliphatic rings. The van der Waals surface area contributed by atoms with E-state index < -0.39 is 0 Å². The maximum Gasteiger partial charge on any atom is 0.0907 e. The van der Waals surface area contributed by atoms with Crippen LogP contribution in [-0.4, -0.2) is 9.97 Å². The normalized spacial score (nSPS) is 11.2. The third-order valence-corrected chi connectivity index (χ3v) is 4.69. The van der Waals surface area contributed by atoms with Crippen molar-refractivity contribution in [3.8, 4) is 10.6 Å². The van der Waals surface area contributed by atoms with Gasteiger partial charge in [0.15, 0.2) is 0 Å². The number of nitrogens with zero attached hydrogens (tertiary/aromatic N) is 2. The molecule has 0 unspecified atom stereocenters. The SMILES string of the molecule is Clc1cc(-c2cc3ccccc3s2)nc2cnccc12. The Kier molecular flexibility index (Phi) is 2.69. The summed E-state index contributed by atoms with van der Waals surface area (Å²) in [5.41, 5.74) is 1.73. The average molecular weight is 297 g/mol. The quantitative estimate of drug-likeness (QED) is 0.484. The molecule has 0 spiro atoms. The summed E-state index contributed by atoms with van der Waals surface area (Å²) in [6.45, 7) is 0. The molecule has 0 N–H and O–H groups in total. The molecular weight excluding hydrogens is 288 g/mol. The van der Waals surface area contributed by atoms with E-state index in [1.54, 1.807) is 23.7 Å². The molecule has 4 rings (SSSR count). The first-order valence-electron chi connectivity index (χ1n) is 6.20. The van der Waals surface area contributed by atoms with Crippen molar-refractivity contribution < 1.29 is 0 Å². The van der Waals surface area contributed by atoms with Crippen molar-refractivity contribution in [3.63, 3.8) is 0 Å². The third-order valence-electron chi connectivity index (χ3n) is 3.24. The van der Waals surface area contributed by atoms with Crippen LogP contribution in [0.5, 0.6) is 0 Å². The number of fused-ring (bicyclic) bond motifs is 2. The molecule has 3 aromatic heterocycles. The number of rotatable bonds is 1. The molecule has 0 radical (unpaired) electrons. The first-order chi connectivity index (χ1) is 9.81. The van der Waals surface area contributed by atoms with Crippen molar-refractivity contribution in [2.24, 2.45) is 0 Å². The van der Waals surface area contributed by atoms with E-state index in [1.807, 2.05) is 24.3 Å². The Bertz CT molecular complexity index is 897. The maximum atomic E-state index is 6.35. The van der Waals surface area contributed by atoms with Crippen molar-refractivity contribution in [1.82, 2.24) is 9.97 Å². The summed E-state index contributed by atoms with van der Waals surface area (Å²) in [6.07, 6.45) is 3.48. The minimum atomic E-state index is 0.713. The number of hydrogen-bond donors (Lipinski definition) is 0. The van der Waals surface area contributed by atoms with Crippen LogP contribution in [0.4, 0.5) is 0 Å². The van der Waals surface area contributed by atoms with E-state index in [0.717, 1.165) is 21.5 Å². The molecule has 0 amide bonds. The van der Waals surface area contributed by atoms with Gasteiger partial charge in [-0.1, -0.05) is 29.8 Å². The van der Waals surface area contributed by atoms with E-state index in [9.17, 15) is 0 Å². The summed E-state index contributed by atoms with van der Waals surface area (Å²) < 4.78 is 1.26.